The number of rotatable bonds is 4. The summed E-state index contributed by atoms with van der Waals surface area (Å²) >= 11 is 0. The molecular formula is C40H54F6N4. The fourth-order valence-electron chi connectivity index (χ4n) is 5.15. The Morgan fingerprint density at radius 1 is 0.480 bits per heavy atom. The van der Waals surface area contributed by atoms with Crippen LogP contribution in [-0.2, 0) is 12.4 Å². The van der Waals surface area contributed by atoms with Crippen LogP contribution < -0.4 is 22.9 Å². The van der Waals surface area contributed by atoms with Crippen LogP contribution in [0.15, 0.2) is 72.8 Å². The molecule has 50 heavy (non-hydrogen) atoms. The van der Waals surface area contributed by atoms with E-state index < -0.39 is 23.5 Å². The summed E-state index contributed by atoms with van der Waals surface area (Å²) in [6, 6.07) is 19.7. The zero-order chi connectivity index (χ0) is 38.7. The van der Waals surface area contributed by atoms with Crippen molar-refractivity contribution in [3.63, 3.8) is 0 Å². The molecule has 0 fully saturated rings. The van der Waals surface area contributed by atoms with Gasteiger partial charge in [-0.3, -0.25) is 0 Å². The Kier molecular flexibility index (Phi) is 16.2. The molecule has 0 spiro atoms. The van der Waals surface area contributed by atoms with Gasteiger partial charge < -0.3 is 22.9 Å². The summed E-state index contributed by atoms with van der Waals surface area (Å²) in [6.45, 7) is 19.7. The summed E-state index contributed by atoms with van der Waals surface area (Å²) < 4.78 is 74.6. The molecule has 0 amide bonds. The van der Waals surface area contributed by atoms with E-state index in [4.69, 9.17) is 22.9 Å². The van der Waals surface area contributed by atoms with Crippen molar-refractivity contribution in [2.24, 2.45) is 0 Å². The van der Waals surface area contributed by atoms with Gasteiger partial charge in [-0.1, -0.05) is 91.8 Å². The molecule has 0 radical (unpaired) electrons. The number of nitrogens with two attached hydrogens (primary N) is 4. The topological polar surface area (TPSA) is 104 Å². The predicted octanol–water partition coefficient (Wildman–Crippen LogP) is 12.2. The lowest BCUT2D eigenvalue weighted by molar-refractivity contribution is -0.138. The number of aryl methyl sites for hydroxylation is 2. The molecule has 10 heteroatoms. The first-order chi connectivity index (χ1) is 22.9. The van der Waals surface area contributed by atoms with Crippen LogP contribution in [0, 0.1) is 13.8 Å². The van der Waals surface area contributed by atoms with Crippen LogP contribution in [0.2, 0.25) is 0 Å². The van der Waals surface area contributed by atoms with E-state index in [2.05, 4.69) is 58.9 Å². The molecule has 4 nitrogen and oxygen atoms in total. The minimum atomic E-state index is -4.32. The molecule has 4 aromatic carbocycles. The second-order valence-electron chi connectivity index (χ2n) is 13.5. The number of para-hydroxylation sites is 1. The number of halogens is 6. The van der Waals surface area contributed by atoms with Crippen molar-refractivity contribution in [1.29, 1.82) is 0 Å². The molecule has 0 aromatic heterocycles. The molecule has 0 heterocycles. The lowest BCUT2D eigenvalue weighted by Crippen LogP contribution is -2.12. The highest BCUT2D eigenvalue weighted by Gasteiger charge is 2.34. The Bertz CT molecular complexity index is 1660. The Morgan fingerprint density at radius 2 is 1.02 bits per heavy atom. The third kappa shape index (κ3) is 13.2. The molecule has 0 aliphatic rings. The van der Waals surface area contributed by atoms with Gasteiger partial charge in [0.25, 0.3) is 0 Å². The Hall–Kier alpha value is -4.34. The second-order valence-corrected chi connectivity index (χ2v) is 13.5. The van der Waals surface area contributed by atoms with Gasteiger partial charge in [-0.2, -0.15) is 26.3 Å². The summed E-state index contributed by atoms with van der Waals surface area (Å²) in [5.74, 6) is 0.815. The Labute approximate surface area is 294 Å². The zero-order valence-corrected chi connectivity index (χ0v) is 30.8. The maximum absolute atomic E-state index is 12.5. The summed E-state index contributed by atoms with van der Waals surface area (Å²) in [6.07, 6.45) is -8.62. The molecule has 0 atom stereocenters. The number of nitrogen functional groups attached to an aromatic ring is 4. The number of alkyl halides is 6. The fraction of sp³-hybridized carbons (Fsp3) is 0.400. The molecular weight excluding hydrogens is 650 g/mol. The molecule has 4 rings (SSSR count). The zero-order valence-electron chi connectivity index (χ0n) is 30.8. The maximum Gasteiger partial charge on any atom is 0.416 e. The van der Waals surface area contributed by atoms with Crippen molar-refractivity contribution in [1.82, 2.24) is 0 Å². The number of anilines is 4. The third-order valence-electron chi connectivity index (χ3n) is 7.90. The first-order valence-electron chi connectivity index (χ1n) is 16.5. The Balaban J connectivity index is 0.000000335. The quantitative estimate of drug-likeness (QED) is 0.125. The summed E-state index contributed by atoms with van der Waals surface area (Å²) in [5, 5.41) is 0. The smallest absolute Gasteiger partial charge is 0.398 e. The fourth-order valence-corrected chi connectivity index (χ4v) is 5.15. The van der Waals surface area contributed by atoms with E-state index in [9.17, 15) is 26.3 Å². The highest BCUT2D eigenvalue weighted by molar-refractivity contribution is 5.55. The molecule has 4 aromatic rings. The van der Waals surface area contributed by atoms with Crippen LogP contribution in [0.25, 0.3) is 0 Å². The Morgan fingerprint density at radius 3 is 1.44 bits per heavy atom. The van der Waals surface area contributed by atoms with Gasteiger partial charge in [0.2, 0.25) is 0 Å². The number of benzene rings is 4. The van der Waals surface area contributed by atoms with Gasteiger partial charge in [-0.15, -0.1) is 0 Å². The average Bonchev–Trinajstić information content (AvgIpc) is 2.98. The van der Waals surface area contributed by atoms with Crippen molar-refractivity contribution in [2.75, 3.05) is 22.9 Å². The van der Waals surface area contributed by atoms with Gasteiger partial charge in [0.15, 0.2) is 0 Å². The average molecular weight is 705 g/mol. The van der Waals surface area contributed by atoms with Crippen molar-refractivity contribution in [3.8, 4) is 0 Å². The van der Waals surface area contributed by atoms with Gasteiger partial charge in [-0.05, 0) is 107 Å². The van der Waals surface area contributed by atoms with E-state index in [-0.39, 0.29) is 23.1 Å². The van der Waals surface area contributed by atoms with Gasteiger partial charge in [0.05, 0.1) is 11.1 Å². The minimum absolute atomic E-state index is 0.00250. The SMILES string of the molecule is CC(C)c1c(N)cccc1C(F)(F)F.CC(C)c1cc(C(F)(F)F)ccc1N.Cc1ccc(C(C)C)c(N)c1.Cc1cccc(C(C)C)c1N. The van der Waals surface area contributed by atoms with Gasteiger partial charge >= 0.3 is 12.4 Å². The van der Waals surface area contributed by atoms with E-state index in [0.717, 1.165) is 29.6 Å². The summed E-state index contributed by atoms with van der Waals surface area (Å²) in [4.78, 5) is 0. The molecule has 0 saturated heterocycles. The third-order valence-corrected chi connectivity index (χ3v) is 7.90. The van der Waals surface area contributed by atoms with E-state index in [1.165, 1.54) is 40.5 Å². The van der Waals surface area contributed by atoms with Gasteiger partial charge in [-0.25, -0.2) is 0 Å². The van der Waals surface area contributed by atoms with Crippen molar-refractivity contribution in [3.05, 3.63) is 117 Å². The van der Waals surface area contributed by atoms with Gasteiger partial charge in [0, 0.05) is 22.7 Å². The second kappa shape index (κ2) is 18.6. The molecule has 0 aliphatic heterocycles. The first kappa shape index (κ1) is 43.7. The maximum atomic E-state index is 12.5. The van der Waals surface area contributed by atoms with E-state index in [1.807, 2.05) is 32.9 Å². The monoisotopic (exact) mass is 704 g/mol. The number of hydrogen-bond donors (Lipinski definition) is 4. The van der Waals surface area contributed by atoms with E-state index in [0.29, 0.717) is 23.1 Å². The molecule has 0 unspecified atom stereocenters. The van der Waals surface area contributed by atoms with Crippen molar-refractivity contribution >= 4 is 22.7 Å². The van der Waals surface area contributed by atoms with E-state index >= 15 is 0 Å². The van der Waals surface area contributed by atoms with Crippen LogP contribution in [-0.4, -0.2) is 0 Å². The molecule has 0 aliphatic carbocycles. The lowest BCUT2D eigenvalue weighted by atomic mass is 9.95. The summed E-state index contributed by atoms with van der Waals surface area (Å²) in [7, 11) is 0. The summed E-state index contributed by atoms with van der Waals surface area (Å²) in [5.41, 5.74) is 29.6. The largest absolute Gasteiger partial charge is 0.416 e. The standard InChI is InChI=1S/2C10H12F3N.2C10H15N/c1-6(2)8-5-7(10(11,12)13)3-4-9(8)14;1-6(2)9-7(10(11,12)13)4-3-5-8(9)14;1-7(2)9-5-4-8(3)6-10(9)11;1-7(2)9-6-4-5-8(3)10(9)11/h2*3-6H,14H2,1-2H3;2*4-7H,11H2,1-3H3. The van der Waals surface area contributed by atoms with Crippen LogP contribution in [0.1, 0.15) is 124 Å². The van der Waals surface area contributed by atoms with Crippen LogP contribution in [0.4, 0.5) is 49.1 Å². The molecule has 276 valence electrons. The predicted molar refractivity (Wildman–Crippen MR) is 199 cm³/mol. The van der Waals surface area contributed by atoms with E-state index in [1.54, 1.807) is 13.8 Å². The molecule has 0 saturated carbocycles. The first-order valence-corrected chi connectivity index (χ1v) is 16.5. The van der Waals surface area contributed by atoms with Crippen molar-refractivity contribution < 1.29 is 26.3 Å². The lowest BCUT2D eigenvalue weighted by Gasteiger charge is -2.17. The normalized spacial score (nSPS) is 11.4. The van der Waals surface area contributed by atoms with Crippen LogP contribution >= 0.6 is 0 Å². The highest BCUT2D eigenvalue weighted by atomic mass is 19.4. The van der Waals surface area contributed by atoms with Crippen LogP contribution in [0.5, 0.6) is 0 Å². The molecule has 8 N–H and O–H groups in total. The van der Waals surface area contributed by atoms with Crippen molar-refractivity contribution in [2.45, 2.75) is 105 Å². The molecule has 0 bridgehead atoms. The van der Waals surface area contributed by atoms with Crippen LogP contribution in [0.3, 0.4) is 0 Å². The number of hydrogen-bond acceptors (Lipinski definition) is 4. The highest BCUT2D eigenvalue weighted by Crippen LogP contribution is 2.38. The minimum Gasteiger partial charge on any atom is -0.398 e. The van der Waals surface area contributed by atoms with Gasteiger partial charge in [0.1, 0.15) is 0 Å².